The smallest absolute Gasteiger partial charge is 0.274 e. The van der Waals surface area contributed by atoms with E-state index in [1.165, 1.54) is 22.3 Å². The molecule has 0 unspecified atom stereocenters. The molecule has 2 radical (unpaired) electrons. The third-order valence-corrected chi connectivity index (χ3v) is 4.99. The van der Waals surface area contributed by atoms with E-state index in [1.807, 2.05) is 44.2 Å². The Morgan fingerprint density at radius 3 is 2.52 bits per heavy atom. The molecule has 1 fully saturated rings. The summed E-state index contributed by atoms with van der Waals surface area (Å²) in [6.45, 7) is 5.43. The fourth-order valence-corrected chi connectivity index (χ4v) is 3.40. The summed E-state index contributed by atoms with van der Waals surface area (Å²) < 4.78 is 7.41. The SMILES string of the molecule is [B]C1(Oc2ccc(C)cc2)CCN(c2nn3c(=O)ccnc3cc2C)CC1. The molecule has 3 heterocycles. The number of hydrogen-bond donors (Lipinski definition) is 0. The van der Waals surface area contributed by atoms with E-state index in [1.54, 1.807) is 0 Å². The van der Waals surface area contributed by atoms with Gasteiger partial charge in [-0.3, -0.25) is 4.79 Å². The lowest BCUT2D eigenvalue weighted by atomic mass is 9.73. The van der Waals surface area contributed by atoms with E-state index < -0.39 is 5.50 Å². The number of rotatable bonds is 3. The number of benzene rings is 1. The summed E-state index contributed by atoms with van der Waals surface area (Å²) in [6, 6.07) is 11.2. The summed E-state index contributed by atoms with van der Waals surface area (Å²) in [6.07, 6.45) is 2.84. The lowest BCUT2D eigenvalue weighted by Gasteiger charge is -2.41. The van der Waals surface area contributed by atoms with Gasteiger partial charge in [0, 0.05) is 25.4 Å². The number of aromatic nitrogens is 3. The van der Waals surface area contributed by atoms with Crippen LogP contribution in [0.2, 0.25) is 0 Å². The standard InChI is InChI=1S/C20H21BN4O2/c1-14-3-5-16(6-4-14)27-20(21)8-11-24(12-9-20)19-15(2)13-17-22-10-7-18(26)25(17)23-19/h3-7,10,13H,8-9,11-12H2,1-2H3. The van der Waals surface area contributed by atoms with Crippen LogP contribution in [-0.4, -0.2) is 41.0 Å². The van der Waals surface area contributed by atoms with E-state index in [4.69, 9.17) is 12.6 Å². The minimum absolute atomic E-state index is 0.186. The number of fused-ring (bicyclic) bond motifs is 1. The number of piperidine rings is 1. The quantitative estimate of drug-likeness (QED) is 0.671. The van der Waals surface area contributed by atoms with Gasteiger partial charge in [0.2, 0.25) is 0 Å². The molecule has 3 aromatic rings. The second kappa shape index (κ2) is 6.72. The fourth-order valence-electron chi connectivity index (χ4n) is 3.40. The van der Waals surface area contributed by atoms with Crippen LogP contribution in [0.1, 0.15) is 24.0 Å². The molecule has 0 bridgehead atoms. The number of ether oxygens (including phenoxy) is 1. The fraction of sp³-hybridized carbons (Fsp3) is 0.350. The van der Waals surface area contributed by atoms with E-state index in [0.717, 1.165) is 17.1 Å². The van der Waals surface area contributed by atoms with E-state index in [-0.39, 0.29) is 5.56 Å². The maximum Gasteiger partial charge on any atom is 0.274 e. The second-order valence-corrected chi connectivity index (χ2v) is 7.17. The lowest BCUT2D eigenvalue weighted by Crippen LogP contribution is -2.49. The Morgan fingerprint density at radius 1 is 1.11 bits per heavy atom. The van der Waals surface area contributed by atoms with Gasteiger partial charge in [-0.25, -0.2) is 4.98 Å². The molecule has 0 amide bonds. The first-order valence-electron chi connectivity index (χ1n) is 9.09. The zero-order chi connectivity index (χ0) is 19.0. The van der Waals surface area contributed by atoms with Crippen molar-refractivity contribution in [2.24, 2.45) is 0 Å². The summed E-state index contributed by atoms with van der Waals surface area (Å²) in [7, 11) is 6.49. The monoisotopic (exact) mass is 360 g/mol. The van der Waals surface area contributed by atoms with Crippen LogP contribution < -0.4 is 15.2 Å². The lowest BCUT2D eigenvalue weighted by molar-refractivity contribution is 0.126. The third-order valence-electron chi connectivity index (χ3n) is 4.99. The van der Waals surface area contributed by atoms with Crippen LogP contribution in [0.25, 0.3) is 5.65 Å². The molecular weight excluding hydrogens is 339 g/mol. The molecule has 7 heteroatoms. The number of nitrogens with zero attached hydrogens (tertiary/aromatic N) is 4. The third kappa shape index (κ3) is 3.54. The maximum atomic E-state index is 12.1. The van der Waals surface area contributed by atoms with Crippen molar-refractivity contribution in [1.82, 2.24) is 14.6 Å². The van der Waals surface area contributed by atoms with E-state index in [9.17, 15) is 4.79 Å². The molecule has 0 saturated carbocycles. The van der Waals surface area contributed by atoms with Gasteiger partial charge in [0.1, 0.15) is 13.6 Å². The van der Waals surface area contributed by atoms with Gasteiger partial charge in [0.15, 0.2) is 11.5 Å². The second-order valence-electron chi connectivity index (χ2n) is 7.17. The Hall–Kier alpha value is -2.83. The highest BCUT2D eigenvalue weighted by atomic mass is 16.5. The first kappa shape index (κ1) is 17.6. The Bertz CT molecular complexity index is 1020. The van der Waals surface area contributed by atoms with Crippen LogP contribution >= 0.6 is 0 Å². The van der Waals surface area contributed by atoms with Gasteiger partial charge in [0.05, 0.1) is 5.50 Å². The topological polar surface area (TPSA) is 59.7 Å². The average Bonchev–Trinajstić information content (AvgIpc) is 2.64. The number of anilines is 1. The van der Waals surface area contributed by atoms with Gasteiger partial charge in [-0.2, -0.15) is 4.52 Å². The molecule has 0 atom stereocenters. The van der Waals surface area contributed by atoms with E-state index in [2.05, 4.69) is 15.0 Å². The average molecular weight is 360 g/mol. The molecule has 4 rings (SSSR count). The van der Waals surface area contributed by atoms with E-state index >= 15 is 0 Å². The van der Waals surface area contributed by atoms with E-state index in [0.29, 0.717) is 31.6 Å². The first-order valence-corrected chi connectivity index (χ1v) is 9.09. The Balaban J connectivity index is 1.52. The molecule has 0 spiro atoms. The van der Waals surface area contributed by atoms with Crippen molar-refractivity contribution in [3.05, 3.63) is 64.1 Å². The predicted molar refractivity (Wildman–Crippen MR) is 106 cm³/mol. The van der Waals surface area contributed by atoms with Gasteiger partial charge in [-0.1, -0.05) is 17.7 Å². The van der Waals surface area contributed by atoms with Crippen LogP contribution in [-0.2, 0) is 0 Å². The van der Waals surface area contributed by atoms with Crippen molar-refractivity contribution in [2.75, 3.05) is 18.0 Å². The molecule has 27 heavy (non-hydrogen) atoms. The highest BCUT2D eigenvalue weighted by Gasteiger charge is 2.32. The van der Waals surface area contributed by atoms with Crippen LogP contribution in [0.5, 0.6) is 5.75 Å². The number of aryl methyl sites for hydroxylation is 2. The van der Waals surface area contributed by atoms with Crippen LogP contribution in [0.15, 0.2) is 47.4 Å². The molecule has 0 aliphatic carbocycles. The minimum atomic E-state index is -0.699. The van der Waals surface area contributed by atoms with Crippen molar-refractivity contribution in [1.29, 1.82) is 0 Å². The van der Waals surface area contributed by atoms with Gasteiger partial charge >= 0.3 is 0 Å². The van der Waals surface area contributed by atoms with Gasteiger partial charge < -0.3 is 9.64 Å². The van der Waals surface area contributed by atoms with Crippen molar-refractivity contribution in [3.63, 3.8) is 0 Å². The largest absolute Gasteiger partial charge is 0.497 e. The predicted octanol–water partition coefficient (Wildman–Crippen LogP) is 2.25. The van der Waals surface area contributed by atoms with Gasteiger partial charge in [-0.05, 0) is 50.5 Å². The molecule has 1 saturated heterocycles. The van der Waals surface area contributed by atoms with Gasteiger partial charge in [-0.15, -0.1) is 5.10 Å². The normalized spacial score (nSPS) is 16.4. The summed E-state index contributed by atoms with van der Waals surface area (Å²) in [5, 5.41) is 4.53. The summed E-state index contributed by atoms with van der Waals surface area (Å²) in [5.74, 6) is 1.57. The van der Waals surface area contributed by atoms with Crippen molar-refractivity contribution < 1.29 is 4.74 Å². The van der Waals surface area contributed by atoms with Crippen molar-refractivity contribution in [3.8, 4) is 5.75 Å². The zero-order valence-electron chi connectivity index (χ0n) is 15.6. The van der Waals surface area contributed by atoms with Gasteiger partial charge in [0.25, 0.3) is 5.56 Å². The molecule has 1 aliphatic heterocycles. The highest BCUT2D eigenvalue weighted by Crippen LogP contribution is 2.29. The Kier molecular flexibility index (Phi) is 4.38. The maximum absolute atomic E-state index is 12.1. The van der Waals surface area contributed by atoms with Crippen molar-refractivity contribution in [2.45, 2.75) is 32.2 Å². The molecule has 1 aromatic carbocycles. The summed E-state index contributed by atoms with van der Waals surface area (Å²) in [4.78, 5) is 18.4. The van der Waals surface area contributed by atoms with Crippen LogP contribution in [0.4, 0.5) is 5.82 Å². The molecule has 2 aromatic heterocycles. The zero-order valence-corrected chi connectivity index (χ0v) is 15.6. The first-order chi connectivity index (χ1) is 12.9. The molecule has 136 valence electrons. The molecule has 6 nitrogen and oxygen atoms in total. The molecular formula is C20H21BN4O2. The molecule has 1 aliphatic rings. The number of hydrogen-bond acceptors (Lipinski definition) is 5. The Labute approximate surface area is 159 Å². The van der Waals surface area contributed by atoms with Crippen LogP contribution in [0, 0.1) is 13.8 Å². The summed E-state index contributed by atoms with van der Waals surface area (Å²) >= 11 is 0. The van der Waals surface area contributed by atoms with Crippen molar-refractivity contribution >= 4 is 19.3 Å². The minimum Gasteiger partial charge on any atom is -0.497 e. The molecule has 0 N–H and O–H groups in total. The Morgan fingerprint density at radius 2 is 1.81 bits per heavy atom. The highest BCUT2D eigenvalue weighted by molar-refractivity contribution is 6.14. The van der Waals surface area contributed by atoms with Crippen LogP contribution in [0.3, 0.4) is 0 Å². The summed E-state index contributed by atoms with van der Waals surface area (Å²) in [5.41, 5.74) is 1.84.